The van der Waals surface area contributed by atoms with Gasteiger partial charge in [0.25, 0.3) is 0 Å². The molecule has 3 aromatic rings. The Morgan fingerprint density at radius 2 is 1.40 bits per heavy atom. The molecule has 1 atom stereocenters. The second kappa shape index (κ2) is 8.98. The van der Waals surface area contributed by atoms with Crippen molar-refractivity contribution >= 4 is 21.4 Å². The Labute approximate surface area is 182 Å². The van der Waals surface area contributed by atoms with Crippen LogP contribution < -0.4 is 14.2 Å². The Bertz CT molecular complexity index is 1140. The van der Waals surface area contributed by atoms with Gasteiger partial charge < -0.3 is 14.2 Å². The Kier molecular flexibility index (Phi) is 6.58. The molecule has 3 rings (SSSR count). The summed E-state index contributed by atoms with van der Waals surface area (Å²) in [5.41, 5.74) is 1.92. The minimum Gasteiger partial charge on any atom is -0.496 e. The minimum absolute atomic E-state index is 0.204. The zero-order valence-electron chi connectivity index (χ0n) is 17.2. The largest absolute Gasteiger partial charge is 0.496 e. The predicted molar refractivity (Wildman–Crippen MR) is 118 cm³/mol. The lowest BCUT2D eigenvalue weighted by atomic mass is 10.0. The summed E-state index contributed by atoms with van der Waals surface area (Å²) < 4.78 is 43.9. The van der Waals surface area contributed by atoms with Gasteiger partial charge in [-0.1, -0.05) is 41.4 Å². The van der Waals surface area contributed by atoms with Gasteiger partial charge in [0.15, 0.2) is 21.3 Å². The van der Waals surface area contributed by atoms with Gasteiger partial charge >= 0.3 is 0 Å². The summed E-state index contributed by atoms with van der Waals surface area (Å²) in [5.74, 6) is 1.21. The molecule has 0 spiro atoms. The van der Waals surface area contributed by atoms with Crippen LogP contribution in [0.5, 0.6) is 17.2 Å². The number of hydrogen-bond acceptors (Lipinski definition) is 5. The first-order chi connectivity index (χ1) is 14.3. The molecule has 158 valence electrons. The molecule has 0 radical (unpaired) electrons. The highest BCUT2D eigenvalue weighted by Gasteiger charge is 2.34. The number of hydrogen-bond donors (Lipinski definition) is 0. The molecule has 0 saturated carbocycles. The highest BCUT2D eigenvalue weighted by atomic mass is 35.5. The molecule has 0 aliphatic carbocycles. The topological polar surface area (TPSA) is 61.8 Å². The molecule has 3 aromatic carbocycles. The van der Waals surface area contributed by atoms with E-state index in [1.807, 2.05) is 6.92 Å². The average Bonchev–Trinajstić information content (AvgIpc) is 2.73. The summed E-state index contributed by atoms with van der Waals surface area (Å²) in [6.07, 6.45) is 0. The van der Waals surface area contributed by atoms with Gasteiger partial charge in [0.05, 0.1) is 26.2 Å². The highest BCUT2D eigenvalue weighted by Crippen LogP contribution is 2.44. The zero-order valence-corrected chi connectivity index (χ0v) is 18.8. The van der Waals surface area contributed by atoms with Crippen molar-refractivity contribution in [3.8, 4) is 17.2 Å². The Morgan fingerprint density at radius 3 is 1.97 bits per heavy atom. The number of aryl methyl sites for hydroxylation is 1. The molecular weight excluding hydrogens is 424 g/mol. The molecule has 0 aromatic heterocycles. The zero-order chi connectivity index (χ0) is 21.9. The number of halogens is 1. The van der Waals surface area contributed by atoms with E-state index in [1.54, 1.807) is 60.7 Å². The van der Waals surface area contributed by atoms with Crippen LogP contribution in [0.4, 0.5) is 0 Å². The molecule has 0 N–H and O–H groups in total. The number of sulfone groups is 1. The summed E-state index contributed by atoms with van der Waals surface area (Å²) in [6, 6.07) is 16.8. The molecular formula is C23H23ClO5S. The minimum atomic E-state index is -3.85. The second-order valence-corrected chi connectivity index (χ2v) is 9.21. The first kappa shape index (κ1) is 22.0. The van der Waals surface area contributed by atoms with Gasteiger partial charge in [0.1, 0.15) is 11.0 Å². The third kappa shape index (κ3) is 4.25. The van der Waals surface area contributed by atoms with Crippen molar-refractivity contribution in [2.24, 2.45) is 0 Å². The van der Waals surface area contributed by atoms with Crippen molar-refractivity contribution in [2.75, 3.05) is 21.3 Å². The van der Waals surface area contributed by atoms with Gasteiger partial charge in [-0.15, -0.1) is 0 Å². The molecule has 0 bridgehead atoms. The van der Waals surface area contributed by atoms with Gasteiger partial charge in [-0.2, -0.15) is 0 Å². The fraction of sp³-hybridized carbons (Fsp3) is 0.217. The van der Waals surface area contributed by atoms with Gasteiger partial charge in [0, 0.05) is 16.7 Å². The van der Waals surface area contributed by atoms with E-state index in [4.69, 9.17) is 25.8 Å². The summed E-state index contributed by atoms with van der Waals surface area (Å²) >= 11 is 6.20. The fourth-order valence-electron chi connectivity index (χ4n) is 3.32. The van der Waals surface area contributed by atoms with Crippen LogP contribution in [-0.4, -0.2) is 29.7 Å². The Hall–Kier alpha value is -2.70. The first-order valence-corrected chi connectivity index (χ1v) is 11.1. The van der Waals surface area contributed by atoms with Crippen LogP contribution >= 0.6 is 11.6 Å². The van der Waals surface area contributed by atoms with Crippen molar-refractivity contribution < 1.29 is 22.6 Å². The lowest BCUT2D eigenvalue weighted by molar-refractivity contribution is 0.347. The van der Waals surface area contributed by atoms with Gasteiger partial charge in [-0.05, 0) is 42.8 Å². The molecule has 0 aliphatic rings. The van der Waals surface area contributed by atoms with E-state index in [0.29, 0.717) is 33.4 Å². The van der Waals surface area contributed by atoms with Crippen LogP contribution in [0.2, 0.25) is 5.02 Å². The second-order valence-electron chi connectivity index (χ2n) is 6.74. The van der Waals surface area contributed by atoms with E-state index < -0.39 is 15.1 Å². The molecule has 0 amide bonds. The van der Waals surface area contributed by atoms with Gasteiger partial charge in [0.2, 0.25) is 0 Å². The van der Waals surface area contributed by atoms with Crippen LogP contribution in [0, 0.1) is 6.92 Å². The van der Waals surface area contributed by atoms with Crippen molar-refractivity contribution in [1.29, 1.82) is 0 Å². The highest BCUT2D eigenvalue weighted by molar-refractivity contribution is 7.92. The molecule has 1 unspecified atom stereocenters. The predicted octanol–water partition coefficient (Wildman–Crippen LogP) is 5.24. The molecule has 5 nitrogen and oxygen atoms in total. The van der Waals surface area contributed by atoms with Crippen LogP contribution in [0.25, 0.3) is 0 Å². The van der Waals surface area contributed by atoms with Gasteiger partial charge in [-0.3, -0.25) is 0 Å². The standard InChI is InChI=1S/C23H23ClO5S/c1-15-8-10-18(11-9-15)30(25,26)23(16-6-5-7-17(24)12-16)19-13-21(28-3)22(29-4)14-20(19)27-2/h5-14,23H,1-4H3. The first-order valence-electron chi connectivity index (χ1n) is 9.17. The lowest BCUT2D eigenvalue weighted by Crippen LogP contribution is -2.16. The van der Waals surface area contributed by atoms with E-state index in [9.17, 15) is 8.42 Å². The smallest absolute Gasteiger partial charge is 0.189 e. The van der Waals surface area contributed by atoms with Crippen molar-refractivity contribution in [3.05, 3.63) is 82.4 Å². The number of methoxy groups -OCH3 is 3. The normalized spacial score (nSPS) is 12.3. The molecule has 7 heteroatoms. The van der Waals surface area contributed by atoms with Crippen LogP contribution in [0.15, 0.2) is 65.6 Å². The Morgan fingerprint density at radius 1 is 0.800 bits per heavy atom. The maximum absolute atomic E-state index is 13.8. The van der Waals surface area contributed by atoms with Crippen molar-refractivity contribution in [2.45, 2.75) is 17.1 Å². The van der Waals surface area contributed by atoms with Crippen molar-refractivity contribution in [1.82, 2.24) is 0 Å². The van der Waals surface area contributed by atoms with Crippen LogP contribution in [-0.2, 0) is 9.84 Å². The number of rotatable bonds is 7. The maximum Gasteiger partial charge on any atom is 0.189 e. The fourth-order valence-corrected chi connectivity index (χ4v) is 5.33. The molecule has 0 saturated heterocycles. The summed E-state index contributed by atoms with van der Waals surface area (Å²) in [4.78, 5) is 0.204. The van der Waals surface area contributed by atoms with Gasteiger partial charge in [-0.25, -0.2) is 8.42 Å². The third-order valence-corrected chi connectivity index (χ3v) is 7.14. The molecule has 0 aliphatic heterocycles. The van der Waals surface area contributed by atoms with Crippen LogP contribution in [0.1, 0.15) is 21.9 Å². The third-order valence-electron chi connectivity index (χ3n) is 4.83. The number of benzene rings is 3. The van der Waals surface area contributed by atoms with E-state index in [1.165, 1.54) is 21.3 Å². The SMILES string of the molecule is COc1cc(OC)c(C(c2cccc(Cl)c2)S(=O)(=O)c2ccc(C)cc2)cc1OC. The van der Waals surface area contributed by atoms with Crippen LogP contribution in [0.3, 0.4) is 0 Å². The van der Waals surface area contributed by atoms with E-state index in [-0.39, 0.29) is 4.90 Å². The quantitative estimate of drug-likeness (QED) is 0.496. The van der Waals surface area contributed by atoms with E-state index in [0.717, 1.165) is 5.56 Å². The summed E-state index contributed by atoms with van der Waals surface area (Å²) in [6.45, 7) is 1.90. The molecule has 0 heterocycles. The molecule has 0 fully saturated rings. The summed E-state index contributed by atoms with van der Waals surface area (Å²) in [5, 5.41) is -0.621. The van der Waals surface area contributed by atoms with Crippen molar-refractivity contribution in [3.63, 3.8) is 0 Å². The Balaban J connectivity index is 2.32. The molecule has 30 heavy (non-hydrogen) atoms. The lowest BCUT2D eigenvalue weighted by Gasteiger charge is -2.23. The summed E-state index contributed by atoms with van der Waals surface area (Å²) in [7, 11) is 0.637. The van der Waals surface area contributed by atoms with E-state index in [2.05, 4.69) is 0 Å². The maximum atomic E-state index is 13.8. The van der Waals surface area contributed by atoms with E-state index >= 15 is 0 Å². The number of ether oxygens (including phenoxy) is 3. The average molecular weight is 447 g/mol. The monoisotopic (exact) mass is 446 g/mol.